The summed E-state index contributed by atoms with van der Waals surface area (Å²) in [5.74, 6) is -1.05. The average Bonchev–Trinajstić information content (AvgIpc) is 2.44. The number of rotatable bonds is 8. The number of hydrogen-bond donors (Lipinski definition) is 2. The van der Waals surface area contributed by atoms with Crippen LogP contribution < -0.4 is 11.5 Å². The van der Waals surface area contributed by atoms with E-state index in [1.807, 2.05) is 0 Å². The molecule has 1 rings (SSSR count). The number of carbonyl (C=O) groups is 2. The molecule has 1 atom stereocenters. The van der Waals surface area contributed by atoms with E-state index in [0.29, 0.717) is 5.56 Å². The van der Waals surface area contributed by atoms with Crippen molar-refractivity contribution in [1.29, 1.82) is 0 Å². The van der Waals surface area contributed by atoms with Gasteiger partial charge in [-0.1, -0.05) is 24.8 Å². The molecule has 0 saturated heterocycles. The molecular formula is C14H19ClN2O4. The molecule has 0 heterocycles. The summed E-state index contributed by atoms with van der Waals surface area (Å²) in [4.78, 5) is 22.4. The maximum Gasteiger partial charge on any atom is 0.338 e. The highest BCUT2D eigenvalue weighted by Crippen LogP contribution is 2.08. The van der Waals surface area contributed by atoms with Crippen LogP contribution >= 0.6 is 12.4 Å². The van der Waals surface area contributed by atoms with Crippen molar-refractivity contribution < 1.29 is 19.1 Å². The molecule has 0 bridgehead atoms. The molecule has 0 saturated carbocycles. The van der Waals surface area contributed by atoms with Gasteiger partial charge in [0.2, 0.25) is 5.91 Å². The van der Waals surface area contributed by atoms with Gasteiger partial charge in [0.05, 0.1) is 18.8 Å². The maximum absolute atomic E-state index is 11.6. The average molecular weight is 315 g/mol. The molecule has 0 aliphatic carbocycles. The summed E-state index contributed by atoms with van der Waals surface area (Å²) in [7, 11) is 0. The van der Waals surface area contributed by atoms with Gasteiger partial charge in [0.25, 0.3) is 0 Å². The van der Waals surface area contributed by atoms with Crippen molar-refractivity contribution in [3.8, 4) is 0 Å². The second kappa shape index (κ2) is 9.93. The molecule has 0 aromatic heterocycles. The summed E-state index contributed by atoms with van der Waals surface area (Å²) < 4.78 is 10.2. The number of benzene rings is 1. The molecule has 0 fully saturated rings. The number of ether oxygens (including phenoxy) is 2. The largest absolute Gasteiger partial charge is 0.458 e. The number of amides is 1. The fraction of sp³-hybridized carbons (Fsp3) is 0.286. The Labute approximate surface area is 129 Å². The summed E-state index contributed by atoms with van der Waals surface area (Å²) >= 11 is 0. The minimum Gasteiger partial charge on any atom is -0.458 e. The molecule has 21 heavy (non-hydrogen) atoms. The first-order chi connectivity index (χ1) is 9.54. The van der Waals surface area contributed by atoms with Crippen LogP contribution in [0.2, 0.25) is 0 Å². The van der Waals surface area contributed by atoms with Crippen LogP contribution in [0, 0.1) is 0 Å². The maximum atomic E-state index is 11.6. The highest BCUT2D eigenvalue weighted by Gasteiger charge is 2.10. The summed E-state index contributed by atoms with van der Waals surface area (Å²) in [5, 5.41) is 0. The van der Waals surface area contributed by atoms with Crippen molar-refractivity contribution >= 4 is 24.3 Å². The molecule has 1 amide bonds. The van der Waals surface area contributed by atoms with Crippen molar-refractivity contribution in [3.63, 3.8) is 0 Å². The fourth-order valence-corrected chi connectivity index (χ4v) is 1.39. The second-order valence-corrected chi connectivity index (χ2v) is 4.11. The smallest absolute Gasteiger partial charge is 0.338 e. The van der Waals surface area contributed by atoms with Gasteiger partial charge in [-0.05, 0) is 17.7 Å². The van der Waals surface area contributed by atoms with E-state index in [1.54, 1.807) is 24.3 Å². The van der Waals surface area contributed by atoms with Crippen molar-refractivity contribution in [3.05, 3.63) is 48.0 Å². The molecular weight excluding hydrogens is 296 g/mol. The van der Waals surface area contributed by atoms with Gasteiger partial charge in [0.1, 0.15) is 12.6 Å². The SMILES string of the molecule is C=CCOC(=O)c1cccc(COCC(N)C(N)=O)c1.Cl. The number of hydrogen-bond acceptors (Lipinski definition) is 5. The minimum absolute atomic E-state index is 0. The van der Waals surface area contributed by atoms with Crippen LogP contribution in [0.5, 0.6) is 0 Å². The van der Waals surface area contributed by atoms with Crippen molar-refractivity contribution in [2.45, 2.75) is 12.6 Å². The lowest BCUT2D eigenvalue weighted by Crippen LogP contribution is -2.40. The fourth-order valence-electron chi connectivity index (χ4n) is 1.39. The van der Waals surface area contributed by atoms with Gasteiger partial charge in [-0.2, -0.15) is 0 Å². The lowest BCUT2D eigenvalue weighted by molar-refractivity contribution is -0.120. The molecule has 0 spiro atoms. The summed E-state index contributed by atoms with van der Waals surface area (Å²) in [6.07, 6.45) is 1.50. The zero-order valence-electron chi connectivity index (χ0n) is 11.5. The number of primary amides is 1. The highest BCUT2D eigenvalue weighted by molar-refractivity contribution is 5.89. The van der Waals surface area contributed by atoms with E-state index in [-0.39, 0.29) is 32.2 Å². The van der Waals surface area contributed by atoms with Crippen LogP contribution in [0.15, 0.2) is 36.9 Å². The quantitative estimate of drug-likeness (QED) is 0.545. The molecule has 1 aromatic carbocycles. The predicted molar refractivity (Wildman–Crippen MR) is 81.0 cm³/mol. The molecule has 0 aliphatic heterocycles. The van der Waals surface area contributed by atoms with Crippen LogP contribution in [-0.4, -0.2) is 31.1 Å². The van der Waals surface area contributed by atoms with E-state index in [1.165, 1.54) is 6.08 Å². The van der Waals surface area contributed by atoms with Crippen LogP contribution in [0.3, 0.4) is 0 Å². The Hall–Kier alpha value is -1.89. The first-order valence-corrected chi connectivity index (χ1v) is 6.04. The Balaban J connectivity index is 0.00000400. The topological polar surface area (TPSA) is 105 Å². The van der Waals surface area contributed by atoms with Gasteiger partial charge in [0, 0.05) is 0 Å². The minimum atomic E-state index is -0.837. The van der Waals surface area contributed by atoms with Gasteiger partial charge in [0.15, 0.2) is 0 Å². The highest BCUT2D eigenvalue weighted by atomic mass is 35.5. The second-order valence-electron chi connectivity index (χ2n) is 4.11. The van der Waals surface area contributed by atoms with E-state index >= 15 is 0 Å². The van der Waals surface area contributed by atoms with Crippen LogP contribution in [0.1, 0.15) is 15.9 Å². The Morgan fingerprint density at radius 1 is 1.38 bits per heavy atom. The molecule has 116 valence electrons. The van der Waals surface area contributed by atoms with Gasteiger partial charge in [-0.3, -0.25) is 4.79 Å². The lowest BCUT2D eigenvalue weighted by Gasteiger charge is -2.09. The number of halogens is 1. The molecule has 0 aliphatic rings. The van der Waals surface area contributed by atoms with Crippen molar-refractivity contribution in [2.24, 2.45) is 11.5 Å². The van der Waals surface area contributed by atoms with E-state index in [0.717, 1.165) is 5.56 Å². The van der Waals surface area contributed by atoms with E-state index < -0.39 is 17.9 Å². The van der Waals surface area contributed by atoms with Gasteiger partial charge in [-0.25, -0.2) is 4.79 Å². The third-order valence-electron chi connectivity index (χ3n) is 2.43. The Bertz CT molecular complexity index is 494. The van der Waals surface area contributed by atoms with Crippen molar-refractivity contribution in [1.82, 2.24) is 0 Å². The van der Waals surface area contributed by atoms with Crippen LogP contribution in [0.25, 0.3) is 0 Å². The summed E-state index contributed by atoms with van der Waals surface area (Å²) in [6.45, 7) is 3.88. The predicted octanol–water partition coefficient (Wildman–Crippen LogP) is 0.780. The molecule has 1 unspecified atom stereocenters. The van der Waals surface area contributed by atoms with Crippen molar-refractivity contribution in [2.75, 3.05) is 13.2 Å². The first-order valence-electron chi connectivity index (χ1n) is 6.04. The molecule has 4 N–H and O–H groups in total. The Morgan fingerprint density at radius 3 is 2.71 bits per heavy atom. The third kappa shape index (κ3) is 6.89. The van der Waals surface area contributed by atoms with E-state index in [4.69, 9.17) is 20.9 Å². The molecule has 6 nitrogen and oxygen atoms in total. The third-order valence-corrected chi connectivity index (χ3v) is 2.43. The standard InChI is InChI=1S/C14H18N2O4.ClH/c1-2-6-20-14(18)11-5-3-4-10(7-11)8-19-9-12(15)13(16)17;/h2-5,7,12H,1,6,8-9,15H2,(H2,16,17);1H. The lowest BCUT2D eigenvalue weighted by atomic mass is 10.1. The summed E-state index contributed by atoms with van der Waals surface area (Å²) in [6, 6.07) is 5.97. The zero-order valence-corrected chi connectivity index (χ0v) is 12.3. The number of esters is 1. The first kappa shape index (κ1) is 19.1. The Kier molecular flexibility index (Phi) is 9.03. The van der Waals surface area contributed by atoms with E-state index in [9.17, 15) is 9.59 Å². The monoisotopic (exact) mass is 314 g/mol. The van der Waals surface area contributed by atoms with Gasteiger partial charge >= 0.3 is 5.97 Å². The van der Waals surface area contributed by atoms with Crippen LogP contribution in [-0.2, 0) is 20.9 Å². The zero-order chi connectivity index (χ0) is 15.0. The van der Waals surface area contributed by atoms with Gasteiger partial charge in [-0.15, -0.1) is 12.4 Å². The number of nitrogens with two attached hydrogens (primary N) is 2. The normalized spacial score (nSPS) is 11.1. The summed E-state index contributed by atoms with van der Waals surface area (Å²) in [5.41, 5.74) is 11.6. The molecule has 0 radical (unpaired) electrons. The number of carbonyl (C=O) groups excluding carboxylic acids is 2. The van der Waals surface area contributed by atoms with Crippen LogP contribution in [0.4, 0.5) is 0 Å². The van der Waals surface area contributed by atoms with E-state index in [2.05, 4.69) is 6.58 Å². The Morgan fingerprint density at radius 2 is 2.10 bits per heavy atom. The molecule has 7 heteroatoms. The molecule has 1 aromatic rings. The van der Waals surface area contributed by atoms with Gasteiger partial charge < -0.3 is 20.9 Å².